The molecule has 0 amide bonds. The molecule has 0 fully saturated rings. The Kier molecular flexibility index (Phi) is 3.86. The van der Waals surface area contributed by atoms with E-state index in [1.807, 2.05) is 66.7 Å². The van der Waals surface area contributed by atoms with Crippen molar-refractivity contribution in [3.05, 3.63) is 95.8 Å². The van der Waals surface area contributed by atoms with Gasteiger partial charge in [-0.25, -0.2) is 4.98 Å². The van der Waals surface area contributed by atoms with Crippen LogP contribution in [0.2, 0.25) is 0 Å². The second-order valence-electron chi connectivity index (χ2n) is 5.70. The van der Waals surface area contributed by atoms with Gasteiger partial charge in [-0.05, 0) is 42.0 Å². The monoisotopic (exact) mass is 321 g/mol. The highest BCUT2D eigenvalue weighted by Crippen LogP contribution is 2.24. The Hall–Kier alpha value is -3.64. The van der Waals surface area contributed by atoms with Gasteiger partial charge in [0.05, 0.1) is 22.7 Å². The van der Waals surface area contributed by atoms with Gasteiger partial charge in [0.2, 0.25) is 0 Å². The lowest BCUT2D eigenvalue weighted by Crippen LogP contribution is -1.96. The van der Waals surface area contributed by atoms with Crippen LogP contribution in [0, 0.1) is 11.3 Å². The van der Waals surface area contributed by atoms with Gasteiger partial charge in [0.1, 0.15) is 5.82 Å². The summed E-state index contributed by atoms with van der Waals surface area (Å²) in [5.41, 5.74) is 4.58. The SMILES string of the molecule is N#Cc1ccc2c(c1)nc(/C=C/c1ccccc1)n2-c1ccccc1. The van der Waals surface area contributed by atoms with E-state index in [4.69, 9.17) is 10.2 Å². The summed E-state index contributed by atoms with van der Waals surface area (Å²) in [6.07, 6.45) is 4.06. The number of hydrogen-bond acceptors (Lipinski definition) is 2. The van der Waals surface area contributed by atoms with Crippen LogP contribution in [-0.4, -0.2) is 9.55 Å². The second kappa shape index (κ2) is 6.46. The highest BCUT2D eigenvalue weighted by atomic mass is 15.1. The van der Waals surface area contributed by atoms with Crippen LogP contribution in [0.3, 0.4) is 0 Å². The van der Waals surface area contributed by atoms with Gasteiger partial charge in [0, 0.05) is 5.69 Å². The highest BCUT2D eigenvalue weighted by molar-refractivity contribution is 5.83. The number of fused-ring (bicyclic) bond motifs is 1. The molecule has 3 heteroatoms. The predicted octanol–water partition coefficient (Wildman–Crippen LogP) is 5.07. The molecule has 118 valence electrons. The lowest BCUT2D eigenvalue weighted by molar-refractivity contribution is 1.07. The summed E-state index contributed by atoms with van der Waals surface area (Å²) in [5.74, 6) is 0.833. The Morgan fingerprint density at radius 3 is 2.28 bits per heavy atom. The van der Waals surface area contributed by atoms with E-state index in [2.05, 4.69) is 34.9 Å². The Morgan fingerprint density at radius 1 is 0.840 bits per heavy atom. The van der Waals surface area contributed by atoms with Gasteiger partial charge >= 0.3 is 0 Å². The number of para-hydroxylation sites is 1. The molecule has 0 spiro atoms. The fourth-order valence-corrected chi connectivity index (χ4v) is 2.86. The van der Waals surface area contributed by atoms with Crippen molar-refractivity contribution in [3.63, 3.8) is 0 Å². The van der Waals surface area contributed by atoms with Crippen LogP contribution in [0.4, 0.5) is 0 Å². The van der Waals surface area contributed by atoms with Crippen LogP contribution >= 0.6 is 0 Å². The molecule has 3 nitrogen and oxygen atoms in total. The van der Waals surface area contributed by atoms with E-state index < -0.39 is 0 Å². The third kappa shape index (κ3) is 2.93. The van der Waals surface area contributed by atoms with Gasteiger partial charge in [-0.1, -0.05) is 54.6 Å². The maximum atomic E-state index is 9.14. The quantitative estimate of drug-likeness (QED) is 0.529. The lowest BCUT2D eigenvalue weighted by atomic mass is 10.2. The Bertz CT molecular complexity index is 1080. The topological polar surface area (TPSA) is 41.6 Å². The Morgan fingerprint density at radius 2 is 1.56 bits per heavy atom. The summed E-state index contributed by atoms with van der Waals surface area (Å²) in [6, 6.07) is 28.0. The molecule has 0 unspecified atom stereocenters. The Labute approximate surface area is 146 Å². The highest BCUT2D eigenvalue weighted by Gasteiger charge is 2.11. The molecule has 0 aliphatic rings. The molecule has 25 heavy (non-hydrogen) atoms. The molecule has 0 aliphatic heterocycles. The summed E-state index contributed by atoms with van der Waals surface area (Å²) < 4.78 is 2.11. The molecule has 1 heterocycles. The van der Waals surface area contributed by atoms with E-state index in [0.717, 1.165) is 28.1 Å². The molecular weight excluding hydrogens is 306 g/mol. The maximum absolute atomic E-state index is 9.14. The first-order valence-corrected chi connectivity index (χ1v) is 8.06. The molecule has 0 atom stereocenters. The van der Waals surface area contributed by atoms with Crippen molar-refractivity contribution in [2.75, 3.05) is 0 Å². The summed E-state index contributed by atoms with van der Waals surface area (Å²) in [6.45, 7) is 0. The molecular formula is C22H15N3. The summed E-state index contributed by atoms with van der Waals surface area (Å²) in [5, 5.41) is 9.14. The van der Waals surface area contributed by atoms with Crippen LogP contribution in [0.15, 0.2) is 78.9 Å². The van der Waals surface area contributed by atoms with Crippen LogP contribution in [-0.2, 0) is 0 Å². The molecule has 0 saturated heterocycles. The largest absolute Gasteiger partial charge is 0.293 e. The number of rotatable bonds is 3. The first-order valence-electron chi connectivity index (χ1n) is 8.06. The van der Waals surface area contributed by atoms with Gasteiger partial charge in [0.15, 0.2) is 0 Å². The number of nitrogens with zero attached hydrogens (tertiary/aromatic N) is 3. The summed E-state index contributed by atoms with van der Waals surface area (Å²) in [4.78, 5) is 4.74. The molecule has 0 saturated carbocycles. The van der Waals surface area contributed by atoms with E-state index in [9.17, 15) is 0 Å². The van der Waals surface area contributed by atoms with Crippen molar-refractivity contribution in [3.8, 4) is 11.8 Å². The van der Waals surface area contributed by atoms with Gasteiger partial charge < -0.3 is 0 Å². The van der Waals surface area contributed by atoms with Gasteiger partial charge in [0.25, 0.3) is 0 Å². The van der Waals surface area contributed by atoms with E-state index in [1.165, 1.54) is 0 Å². The number of benzene rings is 3. The molecule has 0 radical (unpaired) electrons. The lowest BCUT2D eigenvalue weighted by Gasteiger charge is -2.07. The first kappa shape index (κ1) is 14.9. The van der Waals surface area contributed by atoms with Crippen molar-refractivity contribution in [1.82, 2.24) is 9.55 Å². The smallest absolute Gasteiger partial charge is 0.138 e. The number of imidazole rings is 1. The van der Waals surface area contributed by atoms with Crippen molar-refractivity contribution >= 4 is 23.2 Å². The van der Waals surface area contributed by atoms with E-state index in [1.54, 1.807) is 0 Å². The molecule has 0 aliphatic carbocycles. The fraction of sp³-hybridized carbons (Fsp3) is 0. The van der Waals surface area contributed by atoms with E-state index in [-0.39, 0.29) is 0 Å². The summed E-state index contributed by atoms with van der Waals surface area (Å²) in [7, 11) is 0. The van der Waals surface area contributed by atoms with Gasteiger partial charge in [-0.2, -0.15) is 5.26 Å². The van der Waals surface area contributed by atoms with Crippen LogP contribution in [0.5, 0.6) is 0 Å². The zero-order valence-corrected chi connectivity index (χ0v) is 13.5. The molecule has 4 rings (SSSR count). The number of aromatic nitrogens is 2. The van der Waals surface area contributed by atoms with Crippen LogP contribution in [0.25, 0.3) is 28.9 Å². The average Bonchev–Trinajstić information content (AvgIpc) is 3.05. The fourth-order valence-electron chi connectivity index (χ4n) is 2.86. The Balaban J connectivity index is 1.90. The molecule has 0 bridgehead atoms. The van der Waals surface area contributed by atoms with E-state index >= 15 is 0 Å². The molecule has 4 aromatic rings. The van der Waals surface area contributed by atoms with Crippen molar-refractivity contribution < 1.29 is 0 Å². The zero-order chi connectivity index (χ0) is 17.1. The third-order valence-electron chi connectivity index (χ3n) is 4.05. The number of nitriles is 1. The molecule has 1 aromatic heterocycles. The van der Waals surface area contributed by atoms with Crippen molar-refractivity contribution in [2.24, 2.45) is 0 Å². The number of hydrogen-bond donors (Lipinski definition) is 0. The molecule has 0 N–H and O–H groups in total. The van der Waals surface area contributed by atoms with Crippen molar-refractivity contribution in [2.45, 2.75) is 0 Å². The van der Waals surface area contributed by atoms with Crippen LogP contribution in [0.1, 0.15) is 17.0 Å². The minimum Gasteiger partial charge on any atom is -0.293 e. The summed E-state index contributed by atoms with van der Waals surface area (Å²) >= 11 is 0. The minimum absolute atomic E-state index is 0.615. The predicted molar refractivity (Wildman–Crippen MR) is 101 cm³/mol. The minimum atomic E-state index is 0.615. The zero-order valence-electron chi connectivity index (χ0n) is 13.5. The standard InChI is InChI=1S/C22H15N3/c23-16-18-11-13-21-20(15-18)24-22(14-12-17-7-3-1-4-8-17)25(21)19-9-5-2-6-10-19/h1-15H/b14-12+. The van der Waals surface area contributed by atoms with Gasteiger partial charge in [-0.15, -0.1) is 0 Å². The van der Waals surface area contributed by atoms with Gasteiger partial charge in [-0.3, -0.25) is 4.57 Å². The first-order chi connectivity index (χ1) is 12.3. The van der Waals surface area contributed by atoms with E-state index in [0.29, 0.717) is 5.56 Å². The molecule has 3 aromatic carbocycles. The average molecular weight is 321 g/mol. The second-order valence-corrected chi connectivity index (χ2v) is 5.70. The van der Waals surface area contributed by atoms with Crippen molar-refractivity contribution in [1.29, 1.82) is 5.26 Å². The maximum Gasteiger partial charge on any atom is 0.138 e. The third-order valence-corrected chi connectivity index (χ3v) is 4.05. The normalized spacial score (nSPS) is 11.0. The van der Waals surface area contributed by atoms with Crippen LogP contribution < -0.4 is 0 Å².